The number of carbonyl (C=O) groups is 3. The van der Waals surface area contributed by atoms with Gasteiger partial charge in [-0.15, -0.1) is 0 Å². The first-order chi connectivity index (χ1) is 11.3. The topological polar surface area (TPSA) is 96.5 Å². The lowest BCUT2D eigenvalue weighted by atomic mass is 10.2. The van der Waals surface area contributed by atoms with Crippen molar-refractivity contribution in [1.82, 2.24) is 16.2 Å². The number of hydrazine groups is 1. The number of halogens is 3. The zero-order chi connectivity index (χ0) is 17.7. The second-order valence-electron chi connectivity index (χ2n) is 5.06. The summed E-state index contributed by atoms with van der Waals surface area (Å²) in [6, 6.07) is 3.99. The van der Waals surface area contributed by atoms with Crippen LogP contribution in [0, 0.1) is 0 Å². The van der Waals surface area contributed by atoms with Crippen molar-refractivity contribution < 1.29 is 32.3 Å². The van der Waals surface area contributed by atoms with Gasteiger partial charge in [-0.3, -0.25) is 25.2 Å². The molecule has 3 amide bonds. The molecule has 0 bridgehead atoms. The van der Waals surface area contributed by atoms with Crippen LogP contribution < -0.4 is 20.9 Å². The van der Waals surface area contributed by atoms with Gasteiger partial charge in [-0.1, -0.05) is 6.07 Å². The van der Waals surface area contributed by atoms with Gasteiger partial charge in [0.15, 0.2) is 6.61 Å². The van der Waals surface area contributed by atoms with Crippen LogP contribution in [0.3, 0.4) is 0 Å². The van der Waals surface area contributed by atoms with Crippen LogP contribution in [0.25, 0.3) is 0 Å². The second kappa shape index (κ2) is 7.20. The number of amides is 3. The summed E-state index contributed by atoms with van der Waals surface area (Å²) in [4.78, 5) is 34.1. The number of hydrogen-bond donors (Lipinski definition) is 3. The lowest BCUT2D eigenvalue weighted by Gasteiger charge is -2.11. The summed E-state index contributed by atoms with van der Waals surface area (Å²) in [6.07, 6.45) is -2.92. The summed E-state index contributed by atoms with van der Waals surface area (Å²) in [7, 11) is 0. The molecule has 1 aromatic rings. The first-order valence-electron chi connectivity index (χ1n) is 6.95. The fourth-order valence-corrected chi connectivity index (χ4v) is 1.61. The predicted octanol–water partition coefficient (Wildman–Crippen LogP) is 0.510. The maximum absolute atomic E-state index is 12.5. The van der Waals surface area contributed by atoms with Crippen LogP contribution in [-0.2, 0) is 20.6 Å². The van der Waals surface area contributed by atoms with Gasteiger partial charge in [0.05, 0.1) is 5.56 Å². The molecule has 0 saturated heterocycles. The average molecular weight is 345 g/mol. The Morgan fingerprint density at radius 2 is 1.83 bits per heavy atom. The molecule has 1 aliphatic rings. The molecule has 0 heterocycles. The fourth-order valence-electron chi connectivity index (χ4n) is 1.61. The van der Waals surface area contributed by atoms with Crippen LogP contribution >= 0.6 is 0 Å². The Bertz CT molecular complexity index is 644. The molecule has 1 fully saturated rings. The molecular formula is C14H14F3N3O4. The van der Waals surface area contributed by atoms with Crippen molar-refractivity contribution in [3.8, 4) is 5.75 Å². The van der Waals surface area contributed by atoms with Gasteiger partial charge in [0.2, 0.25) is 0 Å². The van der Waals surface area contributed by atoms with Crippen molar-refractivity contribution in [2.24, 2.45) is 0 Å². The van der Waals surface area contributed by atoms with Gasteiger partial charge < -0.3 is 10.1 Å². The Morgan fingerprint density at radius 1 is 1.12 bits per heavy atom. The molecule has 0 aromatic heterocycles. The van der Waals surface area contributed by atoms with Gasteiger partial charge in [-0.25, -0.2) is 0 Å². The largest absolute Gasteiger partial charge is 0.484 e. The Morgan fingerprint density at radius 3 is 2.46 bits per heavy atom. The third-order valence-corrected chi connectivity index (χ3v) is 2.97. The smallest absolute Gasteiger partial charge is 0.416 e. The van der Waals surface area contributed by atoms with Crippen molar-refractivity contribution in [3.05, 3.63) is 29.8 Å². The van der Waals surface area contributed by atoms with E-state index in [0.29, 0.717) is 0 Å². The van der Waals surface area contributed by atoms with Gasteiger partial charge in [0.25, 0.3) is 5.91 Å². The second-order valence-corrected chi connectivity index (χ2v) is 5.06. The number of nitrogens with one attached hydrogen (secondary N) is 3. The zero-order valence-electron chi connectivity index (χ0n) is 12.3. The Kier molecular flexibility index (Phi) is 5.27. The fraction of sp³-hybridized carbons (Fsp3) is 0.357. The lowest BCUT2D eigenvalue weighted by molar-refractivity contribution is -0.141. The minimum Gasteiger partial charge on any atom is -0.484 e. The molecule has 1 aliphatic carbocycles. The molecule has 0 radical (unpaired) electrons. The molecule has 0 aliphatic heterocycles. The van der Waals surface area contributed by atoms with E-state index in [4.69, 9.17) is 4.74 Å². The number of benzene rings is 1. The highest BCUT2D eigenvalue weighted by Crippen LogP contribution is 2.31. The van der Waals surface area contributed by atoms with Crippen LogP contribution in [0.4, 0.5) is 13.2 Å². The molecule has 2 rings (SSSR count). The molecule has 3 N–H and O–H groups in total. The Labute approximate surface area is 134 Å². The van der Waals surface area contributed by atoms with Crippen molar-refractivity contribution >= 4 is 17.7 Å². The van der Waals surface area contributed by atoms with E-state index >= 15 is 0 Å². The van der Waals surface area contributed by atoms with Crippen LogP contribution in [0.2, 0.25) is 0 Å². The third kappa shape index (κ3) is 5.45. The third-order valence-electron chi connectivity index (χ3n) is 2.97. The van der Waals surface area contributed by atoms with E-state index in [1.54, 1.807) is 0 Å². The highest BCUT2D eigenvalue weighted by Gasteiger charge is 2.30. The molecule has 1 aromatic carbocycles. The van der Waals surface area contributed by atoms with Gasteiger partial charge in [-0.05, 0) is 31.0 Å². The van der Waals surface area contributed by atoms with E-state index < -0.39 is 36.1 Å². The van der Waals surface area contributed by atoms with E-state index in [1.165, 1.54) is 6.07 Å². The Hall–Kier alpha value is -2.78. The van der Waals surface area contributed by atoms with Crippen molar-refractivity contribution in [1.29, 1.82) is 0 Å². The summed E-state index contributed by atoms with van der Waals surface area (Å²) >= 11 is 0. The molecule has 7 nitrogen and oxygen atoms in total. The summed E-state index contributed by atoms with van der Waals surface area (Å²) in [5, 5.41) is 2.42. The number of rotatable bonds is 4. The van der Waals surface area contributed by atoms with Crippen LogP contribution in [0.15, 0.2) is 24.3 Å². The molecule has 10 heteroatoms. The molecule has 130 valence electrons. The molecular weight excluding hydrogens is 331 g/mol. The number of alkyl halides is 3. The predicted molar refractivity (Wildman–Crippen MR) is 74.4 cm³/mol. The summed E-state index contributed by atoms with van der Waals surface area (Å²) in [5.41, 5.74) is 2.89. The van der Waals surface area contributed by atoms with Gasteiger partial charge in [0, 0.05) is 6.04 Å². The van der Waals surface area contributed by atoms with E-state index in [1.807, 2.05) is 10.9 Å². The number of hydrogen-bond acceptors (Lipinski definition) is 4. The Balaban J connectivity index is 1.74. The van der Waals surface area contributed by atoms with Crippen LogP contribution in [0.1, 0.15) is 18.4 Å². The van der Waals surface area contributed by atoms with Crippen molar-refractivity contribution in [2.75, 3.05) is 6.61 Å². The average Bonchev–Trinajstić information content (AvgIpc) is 3.34. The summed E-state index contributed by atoms with van der Waals surface area (Å²) in [6.45, 7) is -0.633. The van der Waals surface area contributed by atoms with E-state index in [2.05, 4.69) is 5.32 Å². The van der Waals surface area contributed by atoms with Gasteiger partial charge >= 0.3 is 18.0 Å². The highest BCUT2D eigenvalue weighted by atomic mass is 19.4. The lowest BCUT2D eigenvalue weighted by Crippen LogP contribution is -2.50. The molecule has 0 atom stereocenters. The van der Waals surface area contributed by atoms with Crippen molar-refractivity contribution in [2.45, 2.75) is 25.1 Å². The maximum atomic E-state index is 12.5. The quantitative estimate of drug-likeness (QED) is 0.547. The molecule has 1 saturated carbocycles. The number of ether oxygens (including phenoxy) is 1. The molecule has 0 unspecified atom stereocenters. The van der Waals surface area contributed by atoms with Gasteiger partial charge in [0.1, 0.15) is 5.75 Å². The normalized spacial score (nSPS) is 13.8. The van der Waals surface area contributed by atoms with Crippen LogP contribution in [-0.4, -0.2) is 30.4 Å². The first kappa shape index (κ1) is 17.6. The zero-order valence-corrected chi connectivity index (χ0v) is 12.3. The minimum absolute atomic E-state index is 0.0109. The van der Waals surface area contributed by atoms with Crippen LogP contribution in [0.5, 0.6) is 5.75 Å². The molecule has 0 spiro atoms. The van der Waals surface area contributed by atoms with E-state index in [0.717, 1.165) is 31.0 Å². The van der Waals surface area contributed by atoms with E-state index in [-0.39, 0.29) is 11.8 Å². The SMILES string of the molecule is O=C(COc1cccc(C(F)(F)F)c1)NNC(=O)C(=O)NC1CC1. The highest BCUT2D eigenvalue weighted by molar-refractivity contribution is 6.35. The minimum atomic E-state index is -4.52. The van der Waals surface area contributed by atoms with Crippen molar-refractivity contribution in [3.63, 3.8) is 0 Å². The number of carbonyl (C=O) groups excluding carboxylic acids is 3. The molecule has 24 heavy (non-hydrogen) atoms. The maximum Gasteiger partial charge on any atom is 0.416 e. The summed E-state index contributed by atoms with van der Waals surface area (Å²) < 4.78 is 42.5. The monoisotopic (exact) mass is 345 g/mol. The van der Waals surface area contributed by atoms with E-state index in [9.17, 15) is 27.6 Å². The first-order valence-corrected chi connectivity index (χ1v) is 6.95. The summed E-state index contributed by atoms with van der Waals surface area (Å²) in [5.74, 6) is -2.91. The standard InChI is InChI=1S/C14H14F3N3O4/c15-14(16,17)8-2-1-3-10(6-8)24-7-11(21)19-20-13(23)12(22)18-9-4-5-9/h1-3,6,9H,4-5,7H2,(H,18,22)(H,19,21)(H,20,23). The van der Waals surface area contributed by atoms with Gasteiger partial charge in [-0.2, -0.15) is 13.2 Å².